The fraction of sp³-hybridized carbons (Fsp3) is 0.481. The Morgan fingerprint density at radius 1 is 1.05 bits per heavy atom. The van der Waals surface area contributed by atoms with Gasteiger partial charge in [0, 0.05) is 19.2 Å². The molecule has 3 rings (SSSR count). The molecule has 9 nitrogen and oxygen atoms in total. The third-order valence-electron chi connectivity index (χ3n) is 6.31. The van der Waals surface area contributed by atoms with Gasteiger partial charge >= 0.3 is 0 Å². The second-order valence-corrected chi connectivity index (χ2v) is 11.0. The van der Waals surface area contributed by atoms with E-state index >= 15 is 0 Å². The van der Waals surface area contributed by atoms with E-state index in [0.717, 1.165) is 34.5 Å². The van der Waals surface area contributed by atoms with E-state index in [4.69, 9.17) is 9.47 Å². The van der Waals surface area contributed by atoms with Gasteiger partial charge in [-0.25, -0.2) is 8.42 Å². The van der Waals surface area contributed by atoms with E-state index in [2.05, 4.69) is 5.32 Å². The Kier molecular flexibility index (Phi) is 9.79. The van der Waals surface area contributed by atoms with E-state index in [1.807, 2.05) is 45.0 Å². The van der Waals surface area contributed by atoms with Gasteiger partial charge in [-0.3, -0.25) is 13.9 Å². The van der Waals surface area contributed by atoms with Crippen LogP contribution in [-0.2, 0) is 26.2 Å². The molecule has 0 radical (unpaired) electrons. The molecule has 1 heterocycles. The molecule has 2 amide bonds. The summed E-state index contributed by atoms with van der Waals surface area (Å²) in [7, 11) is -3.84. The summed E-state index contributed by atoms with van der Waals surface area (Å²) in [6.07, 6.45) is 3.21. The van der Waals surface area contributed by atoms with Gasteiger partial charge in [-0.1, -0.05) is 44.5 Å². The predicted molar refractivity (Wildman–Crippen MR) is 143 cm³/mol. The lowest BCUT2D eigenvalue weighted by Crippen LogP contribution is -2.52. The Morgan fingerprint density at radius 2 is 1.76 bits per heavy atom. The standard InChI is InChI=1S/C27H37N3O6S/c1-5-7-14-28-27(32)23(6-2)29(18-21-11-9-8-10-20(21)3)26(31)19-30(37(4,33)34)22-12-13-24-25(17-22)36-16-15-35-24/h8-13,17,23H,5-7,14-16,18-19H2,1-4H3,(H,28,32). The number of ether oxygens (including phenoxy) is 2. The summed E-state index contributed by atoms with van der Waals surface area (Å²) >= 11 is 0. The zero-order valence-corrected chi connectivity index (χ0v) is 22.8. The number of amides is 2. The summed E-state index contributed by atoms with van der Waals surface area (Å²) in [6, 6.07) is 11.7. The van der Waals surface area contributed by atoms with E-state index in [0.29, 0.717) is 37.7 Å². The molecule has 10 heteroatoms. The van der Waals surface area contributed by atoms with Crippen LogP contribution >= 0.6 is 0 Å². The summed E-state index contributed by atoms with van der Waals surface area (Å²) in [5, 5.41) is 2.92. The number of nitrogens with zero attached hydrogens (tertiary/aromatic N) is 2. The molecular weight excluding hydrogens is 494 g/mol. The topological polar surface area (TPSA) is 105 Å². The van der Waals surface area contributed by atoms with Crippen molar-refractivity contribution < 1.29 is 27.5 Å². The molecule has 0 saturated heterocycles. The highest BCUT2D eigenvalue weighted by atomic mass is 32.2. The summed E-state index contributed by atoms with van der Waals surface area (Å²) in [4.78, 5) is 28.4. The molecule has 1 aliphatic heterocycles. The second-order valence-electron chi connectivity index (χ2n) is 9.11. The number of rotatable bonds is 12. The number of fused-ring (bicyclic) bond motifs is 1. The third-order valence-corrected chi connectivity index (χ3v) is 7.45. The lowest BCUT2D eigenvalue weighted by molar-refractivity contribution is -0.140. The van der Waals surface area contributed by atoms with Crippen LogP contribution in [0.3, 0.4) is 0 Å². The Morgan fingerprint density at radius 3 is 2.41 bits per heavy atom. The van der Waals surface area contributed by atoms with Crippen molar-refractivity contribution in [3.05, 3.63) is 53.6 Å². The maximum atomic E-state index is 13.8. The number of unbranched alkanes of at least 4 members (excludes halogenated alkanes) is 1. The number of hydrogen-bond donors (Lipinski definition) is 1. The van der Waals surface area contributed by atoms with Crippen molar-refractivity contribution in [2.45, 2.75) is 52.6 Å². The van der Waals surface area contributed by atoms with Crippen molar-refractivity contribution in [3.63, 3.8) is 0 Å². The number of benzene rings is 2. The minimum atomic E-state index is -3.84. The number of sulfonamides is 1. The second kappa shape index (κ2) is 12.8. The van der Waals surface area contributed by atoms with Gasteiger partial charge in [-0.2, -0.15) is 0 Å². The summed E-state index contributed by atoms with van der Waals surface area (Å²) in [5.74, 6) is 0.221. The van der Waals surface area contributed by atoms with Gasteiger partial charge in [0.15, 0.2) is 11.5 Å². The van der Waals surface area contributed by atoms with Crippen LogP contribution < -0.4 is 19.1 Å². The van der Waals surface area contributed by atoms with Gasteiger partial charge in [-0.05, 0) is 43.0 Å². The number of hydrogen-bond acceptors (Lipinski definition) is 6. The highest BCUT2D eigenvalue weighted by molar-refractivity contribution is 7.92. The first-order chi connectivity index (χ1) is 17.7. The van der Waals surface area contributed by atoms with E-state index in [9.17, 15) is 18.0 Å². The van der Waals surface area contributed by atoms with Gasteiger partial charge < -0.3 is 19.7 Å². The third kappa shape index (κ3) is 7.38. The van der Waals surface area contributed by atoms with Crippen LogP contribution in [0.5, 0.6) is 11.5 Å². The zero-order valence-electron chi connectivity index (χ0n) is 22.0. The van der Waals surface area contributed by atoms with Gasteiger partial charge in [0.25, 0.3) is 0 Å². The number of nitrogens with one attached hydrogen (secondary N) is 1. The molecule has 37 heavy (non-hydrogen) atoms. The molecule has 0 bridgehead atoms. The Labute approximate surface area is 219 Å². The fourth-order valence-corrected chi connectivity index (χ4v) is 5.04. The number of carbonyl (C=O) groups excluding carboxylic acids is 2. The maximum Gasteiger partial charge on any atom is 0.244 e. The molecule has 2 aromatic carbocycles. The van der Waals surface area contributed by atoms with Crippen LogP contribution in [0.4, 0.5) is 5.69 Å². The Hall–Kier alpha value is -3.27. The molecule has 1 N–H and O–H groups in total. The van der Waals surface area contributed by atoms with Gasteiger partial charge in [0.05, 0.1) is 11.9 Å². The first-order valence-electron chi connectivity index (χ1n) is 12.6. The van der Waals surface area contributed by atoms with Crippen LogP contribution in [0, 0.1) is 6.92 Å². The zero-order chi connectivity index (χ0) is 27.0. The maximum absolute atomic E-state index is 13.8. The predicted octanol–water partition coefficient (Wildman–Crippen LogP) is 3.26. The number of carbonyl (C=O) groups is 2. The lowest BCUT2D eigenvalue weighted by Gasteiger charge is -2.33. The molecule has 1 aliphatic rings. The van der Waals surface area contributed by atoms with Gasteiger partial charge in [0.1, 0.15) is 25.8 Å². The molecule has 2 aromatic rings. The summed E-state index contributed by atoms with van der Waals surface area (Å²) < 4.78 is 37.8. The first-order valence-corrected chi connectivity index (χ1v) is 14.5. The molecule has 0 fully saturated rings. The van der Waals surface area contributed by atoms with Crippen molar-refractivity contribution >= 4 is 27.5 Å². The molecular formula is C27H37N3O6S. The minimum absolute atomic E-state index is 0.184. The molecule has 1 atom stereocenters. The average Bonchev–Trinajstić information content (AvgIpc) is 2.87. The molecule has 0 aromatic heterocycles. The monoisotopic (exact) mass is 531 g/mol. The molecule has 0 aliphatic carbocycles. The summed E-state index contributed by atoms with van der Waals surface area (Å²) in [6.45, 7) is 6.83. The quantitative estimate of drug-likeness (QED) is 0.422. The molecule has 0 saturated carbocycles. The Bertz CT molecular complexity index is 1200. The Balaban J connectivity index is 1.93. The summed E-state index contributed by atoms with van der Waals surface area (Å²) in [5.41, 5.74) is 2.16. The van der Waals surface area contributed by atoms with Crippen molar-refractivity contribution in [1.29, 1.82) is 0 Å². The molecule has 0 spiro atoms. The number of anilines is 1. The van der Waals surface area contributed by atoms with E-state index in [1.54, 1.807) is 18.2 Å². The van der Waals surface area contributed by atoms with E-state index < -0.39 is 28.5 Å². The van der Waals surface area contributed by atoms with Crippen molar-refractivity contribution in [2.24, 2.45) is 0 Å². The van der Waals surface area contributed by atoms with Crippen LogP contribution in [0.2, 0.25) is 0 Å². The fourth-order valence-electron chi connectivity index (χ4n) is 4.20. The first kappa shape index (κ1) is 28.3. The molecule has 1 unspecified atom stereocenters. The molecule has 202 valence electrons. The van der Waals surface area contributed by atoms with Crippen molar-refractivity contribution in [2.75, 3.05) is 36.9 Å². The highest BCUT2D eigenvalue weighted by Crippen LogP contribution is 2.34. The van der Waals surface area contributed by atoms with Crippen LogP contribution in [0.15, 0.2) is 42.5 Å². The lowest BCUT2D eigenvalue weighted by atomic mass is 10.1. The van der Waals surface area contributed by atoms with Crippen molar-refractivity contribution in [1.82, 2.24) is 10.2 Å². The average molecular weight is 532 g/mol. The van der Waals surface area contributed by atoms with Crippen LogP contribution in [-0.4, -0.2) is 63.7 Å². The van der Waals surface area contributed by atoms with Crippen LogP contribution in [0.25, 0.3) is 0 Å². The normalized spacial score (nSPS) is 13.5. The largest absolute Gasteiger partial charge is 0.486 e. The highest BCUT2D eigenvalue weighted by Gasteiger charge is 2.32. The van der Waals surface area contributed by atoms with Gasteiger partial charge in [-0.15, -0.1) is 0 Å². The van der Waals surface area contributed by atoms with E-state index in [-0.39, 0.29) is 18.1 Å². The SMILES string of the molecule is CCCCNC(=O)C(CC)N(Cc1ccccc1C)C(=O)CN(c1ccc2c(c1)OCCO2)S(C)(=O)=O. The smallest absolute Gasteiger partial charge is 0.244 e. The van der Waals surface area contributed by atoms with Gasteiger partial charge in [0.2, 0.25) is 21.8 Å². The minimum Gasteiger partial charge on any atom is -0.486 e. The van der Waals surface area contributed by atoms with Crippen LogP contribution in [0.1, 0.15) is 44.2 Å². The number of aryl methyl sites for hydroxylation is 1. The van der Waals surface area contributed by atoms with E-state index in [1.165, 1.54) is 4.90 Å². The van der Waals surface area contributed by atoms with Crippen molar-refractivity contribution in [3.8, 4) is 11.5 Å².